The molecule has 0 amide bonds. The molecule has 0 saturated carbocycles. The molecule has 1 heterocycles. The predicted octanol–water partition coefficient (Wildman–Crippen LogP) is -0.283. The zero-order valence-corrected chi connectivity index (χ0v) is 16.5. The third kappa shape index (κ3) is 9.19. The van der Waals surface area contributed by atoms with E-state index in [-0.39, 0.29) is 0 Å². The van der Waals surface area contributed by atoms with Crippen LogP contribution in [-0.4, -0.2) is 72.0 Å². The van der Waals surface area contributed by atoms with Gasteiger partial charge in [-0.25, -0.2) is 0 Å². The zero-order valence-electron chi connectivity index (χ0n) is 13.5. The lowest BCUT2D eigenvalue weighted by Gasteiger charge is -2.23. The molecule has 2 atom stereocenters. The lowest BCUT2D eigenvalue weighted by atomic mass is 10.5. The van der Waals surface area contributed by atoms with Crippen molar-refractivity contribution in [2.24, 2.45) is 5.73 Å². The van der Waals surface area contributed by atoms with Crippen LogP contribution in [-0.2, 0) is 22.8 Å². The fourth-order valence-corrected chi connectivity index (χ4v) is 3.37. The first-order valence-electron chi connectivity index (χ1n) is 7.16. The summed E-state index contributed by atoms with van der Waals surface area (Å²) in [5.41, 5.74) is 5.89. The van der Waals surface area contributed by atoms with E-state index in [2.05, 4.69) is 6.92 Å². The summed E-state index contributed by atoms with van der Waals surface area (Å²) in [6.07, 6.45) is 2.47. The third-order valence-electron chi connectivity index (χ3n) is 3.16. The van der Waals surface area contributed by atoms with Crippen molar-refractivity contribution in [2.75, 3.05) is 41.1 Å². The second-order valence-corrected chi connectivity index (χ2v) is 9.07. The average molecular weight is 326 g/mol. The van der Waals surface area contributed by atoms with E-state index in [0.717, 1.165) is 42.3 Å². The van der Waals surface area contributed by atoms with Crippen molar-refractivity contribution in [1.29, 1.82) is 0 Å². The summed E-state index contributed by atoms with van der Waals surface area (Å²) in [5, 5.41) is 0. The Morgan fingerprint density at radius 2 is 1.85 bits per heavy atom. The second kappa shape index (κ2) is 11.8. The smallest absolute Gasteiger partial charge is 0.380 e. The number of rotatable bonds is 10. The van der Waals surface area contributed by atoms with Gasteiger partial charge in [-0.3, -0.25) is 0 Å². The number of ether oxygens (including phenoxy) is 2. The van der Waals surface area contributed by atoms with Crippen molar-refractivity contribution in [3.63, 3.8) is 0 Å². The standard InChI is InChI=1S/C6H17NO3Si.C6H14O2Si/c1-8-11(9-2,10-3)6-4-5-7;1-2-6(9)8-4-5-3-7-5/h4-7H2,1-3H3;5-6H,2-4H2,1,9H3. The molecule has 0 radical (unpaired) electrons. The Morgan fingerprint density at radius 1 is 1.30 bits per heavy atom. The molecule has 0 aromatic carbocycles. The van der Waals surface area contributed by atoms with E-state index in [1.54, 1.807) is 21.3 Å². The van der Waals surface area contributed by atoms with Crippen LogP contribution in [0.4, 0.5) is 0 Å². The van der Waals surface area contributed by atoms with Crippen LogP contribution in [0.15, 0.2) is 0 Å². The maximum atomic E-state index is 5.45. The summed E-state index contributed by atoms with van der Waals surface area (Å²) in [5.74, 6) is 0. The second-order valence-electron chi connectivity index (χ2n) is 4.70. The molecule has 20 heavy (non-hydrogen) atoms. The molecular weight excluding hydrogens is 294 g/mol. The number of epoxide rings is 1. The highest BCUT2D eigenvalue weighted by Crippen LogP contribution is 2.13. The van der Waals surface area contributed by atoms with Crippen molar-refractivity contribution >= 4 is 19.0 Å². The first-order valence-corrected chi connectivity index (χ1v) is 10.2. The van der Waals surface area contributed by atoms with Crippen molar-refractivity contribution < 1.29 is 22.8 Å². The maximum Gasteiger partial charge on any atom is 0.500 e. The van der Waals surface area contributed by atoms with Crippen LogP contribution in [0, 0.1) is 0 Å². The van der Waals surface area contributed by atoms with E-state index in [1.807, 2.05) is 0 Å². The van der Waals surface area contributed by atoms with Crippen molar-refractivity contribution in [3.05, 3.63) is 0 Å². The van der Waals surface area contributed by atoms with Crippen LogP contribution in [0.25, 0.3) is 0 Å². The molecule has 2 unspecified atom stereocenters. The van der Waals surface area contributed by atoms with Gasteiger partial charge >= 0.3 is 8.80 Å². The Bertz CT molecular complexity index is 220. The molecule has 8 heteroatoms. The summed E-state index contributed by atoms with van der Waals surface area (Å²) in [6.45, 7) is 4.54. The molecule has 2 N–H and O–H groups in total. The van der Waals surface area contributed by atoms with E-state index >= 15 is 0 Å². The van der Waals surface area contributed by atoms with Crippen LogP contribution < -0.4 is 5.73 Å². The van der Waals surface area contributed by atoms with Crippen LogP contribution >= 0.6 is 0 Å². The molecule has 6 nitrogen and oxygen atoms in total. The van der Waals surface area contributed by atoms with Gasteiger partial charge in [-0.05, 0) is 19.4 Å². The van der Waals surface area contributed by atoms with Gasteiger partial charge in [0.2, 0.25) is 0 Å². The largest absolute Gasteiger partial charge is 0.500 e. The Labute approximate surface area is 127 Å². The fraction of sp³-hybridized carbons (Fsp3) is 1.00. The molecule has 0 spiro atoms. The first kappa shape index (κ1) is 20.2. The Hall–Kier alpha value is 0.194. The van der Waals surface area contributed by atoms with Crippen molar-refractivity contribution in [3.8, 4) is 0 Å². The van der Waals surface area contributed by atoms with E-state index in [0.29, 0.717) is 18.4 Å². The zero-order chi connectivity index (χ0) is 15.4. The van der Waals surface area contributed by atoms with E-state index in [9.17, 15) is 0 Å². The minimum atomic E-state index is -2.32. The minimum Gasteiger partial charge on any atom is -0.380 e. The van der Waals surface area contributed by atoms with Crippen molar-refractivity contribution in [2.45, 2.75) is 37.6 Å². The summed E-state index contributed by atoms with van der Waals surface area (Å²) < 4.78 is 26.0. The van der Waals surface area contributed by atoms with Gasteiger partial charge in [0, 0.05) is 43.3 Å². The van der Waals surface area contributed by atoms with E-state index < -0.39 is 8.80 Å². The summed E-state index contributed by atoms with van der Waals surface area (Å²) >= 11 is 0. The molecule has 1 aliphatic rings. The molecular formula is C12H31NO5Si2. The number of nitrogens with two attached hydrogens (primary N) is 1. The van der Waals surface area contributed by atoms with E-state index in [4.69, 9.17) is 28.5 Å². The summed E-state index contributed by atoms with van der Waals surface area (Å²) in [7, 11) is 3.65. The van der Waals surface area contributed by atoms with Gasteiger partial charge in [-0.1, -0.05) is 6.92 Å². The maximum absolute atomic E-state index is 5.45. The Morgan fingerprint density at radius 3 is 2.20 bits per heavy atom. The average Bonchev–Trinajstić information content (AvgIpc) is 3.32. The van der Waals surface area contributed by atoms with Gasteiger partial charge in [0.15, 0.2) is 0 Å². The normalized spacial score (nSPS) is 19.4. The molecule has 0 bridgehead atoms. The summed E-state index contributed by atoms with van der Waals surface area (Å²) in [6, 6.07) is 0.785. The fourth-order valence-electron chi connectivity index (χ4n) is 1.43. The highest BCUT2D eigenvalue weighted by atomic mass is 28.4. The third-order valence-corrected chi connectivity index (χ3v) is 7.15. The highest BCUT2D eigenvalue weighted by Gasteiger charge is 2.36. The van der Waals surface area contributed by atoms with Gasteiger partial charge in [0.25, 0.3) is 0 Å². The molecule has 0 aromatic heterocycles. The lowest BCUT2D eigenvalue weighted by molar-refractivity contribution is 0.0898. The lowest BCUT2D eigenvalue weighted by Crippen LogP contribution is -2.42. The van der Waals surface area contributed by atoms with Gasteiger partial charge in [-0.2, -0.15) is 0 Å². The highest BCUT2D eigenvalue weighted by molar-refractivity contribution is 6.60. The van der Waals surface area contributed by atoms with Crippen LogP contribution in [0.2, 0.25) is 6.04 Å². The molecule has 1 fully saturated rings. The van der Waals surface area contributed by atoms with Crippen molar-refractivity contribution in [1.82, 2.24) is 0 Å². The predicted molar refractivity (Wildman–Crippen MR) is 85.0 cm³/mol. The molecule has 122 valence electrons. The minimum absolute atomic E-state index is 0.438. The first-order chi connectivity index (χ1) is 9.57. The molecule has 1 saturated heterocycles. The molecule has 1 rings (SSSR count). The van der Waals surface area contributed by atoms with Crippen LogP contribution in [0.3, 0.4) is 0 Å². The van der Waals surface area contributed by atoms with Crippen LogP contribution in [0.1, 0.15) is 19.8 Å². The molecule has 0 aliphatic carbocycles. The van der Waals surface area contributed by atoms with Crippen LogP contribution in [0.5, 0.6) is 0 Å². The number of hydrogen-bond donors (Lipinski definition) is 1. The van der Waals surface area contributed by atoms with E-state index in [1.165, 1.54) is 0 Å². The van der Waals surface area contributed by atoms with Gasteiger partial charge in [-0.15, -0.1) is 0 Å². The van der Waals surface area contributed by atoms with Gasteiger partial charge in [0.1, 0.15) is 6.10 Å². The molecule has 1 aliphatic heterocycles. The monoisotopic (exact) mass is 325 g/mol. The van der Waals surface area contributed by atoms with Gasteiger partial charge in [0.05, 0.1) is 13.2 Å². The molecule has 0 aromatic rings. The topological polar surface area (TPSA) is 75.5 Å². The number of hydrogen-bond acceptors (Lipinski definition) is 6. The summed E-state index contributed by atoms with van der Waals surface area (Å²) in [4.78, 5) is 0. The quantitative estimate of drug-likeness (QED) is 0.440. The Kier molecular flexibility index (Phi) is 11.9. The SMILES string of the molecule is CCC([SiH3])OCC1CO1.CO[Si](CCCN)(OC)OC. The van der Waals surface area contributed by atoms with Gasteiger partial charge < -0.3 is 28.5 Å². The Balaban J connectivity index is 0.000000367.